The fourth-order valence-corrected chi connectivity index (χ4v) is 5.37. The van der Waals surface area contributed by atoms with Crippen molar-refractivity contribution in [2.45, 2.75) is 26.9 Å². The van der Waals surface area contributed by atoms with E-state index in [4.69, 9.17) is 28.6 Å². The van der Waals surface area contributed by atoms with Crippen molar-refractivity contribution in [1.29, 1.82) is 0 Å². The van der Waals surface area contributed by atoms with E-state index in [1.807, 2.05) is 20.8 Å². The fourth-order valence-electron chi connectivity index (χ4n) is 1.83. The monoisotopic (exact) mass is 455 g/mol. The zero-order chi connectivity index (χ0) is 16.9. The summed E-state index contributed by atoms with van der Waals surface area (Å²) in [6, 6.07) is 5.35. The molecule has 1 rings (SSSR count). The van der Waals surface area contributed by atoms with Crippen LogP contribution in [0.2, 0.25) is 0 Å². The predicted octanol–water partition coefficient (Wildman–Crippen LogP) is 3.97. The van der Waals surface area contributed by atoms with Crippen LogP contribution < -0.4 is 10.0 Å². The molecule has 0 saturated carbocycles. The van der Waals surface area contributed by atoms with Crippen molar-refractivity contribution >= 4 is 36.8 Å². The molecule has 22 heavy (non-hydrogen) atoms. The molecular formula is C14H22Cl2NO3PRu. The number of benzene rings is 1. The third-order valence-electron chi connectivity index (χ3n) is 2.70. The molecule has 1 atom stereocenters. The van der Waals surface area contributed by atoms with Gasteiger partial charge in [0, 0.05) is 0 Å². The van der Waals surface area contributed by atoms with Crippen LogP contribution in [0.3, 0.4) is 0 Å². The zero-order valence-corrected chi connectivity index (χ0v) is 17.5. The van der Waals surface area contributed by atoms with E-state index < -0.39 is 21.0 Å². The Labute approximate surface area is 145 Å². The second-order valence-electron chi connectivity index (χ2n) is 4.98. The van der Waals surface area contributed by atoms with Gasteiger partial charge in [0.1, 0.15) is 0 Å². The van der Waals surface area contributed by atoms with Gasteiger partial charge in [0.25, 0.3) is 0 Å². The van der Waals surface area contributed by atoms with Gasteiger partial charge in [0.2, 0.25) is 0 Å². The molecule has 0 fully saturated rings. The Morgan fingerprint density at radius 3 is 2.45 bits per heavy atom. The number of halogens is 2. The van der Waals surface area contributed by atoms with Crippen LogP contribution in [0.5, 0.6) is 5.75 Å². The third-order valence-corrected chi connectivity index (χ3v) is 7.12. The van der Waals surface area contributed by atoms with Gasteiger partial charge in [-0.2, -0.15) is 0 Å². The van der Waals surface area contributed by atoms with E-state index in [1.165, 1.54) is 0 Å². The summed E-state index contributed by atoms with van der Waals surface area (Å²) >= 11 is -2.03. The van der Waals surface area contributed by atoms with Crippen LogP contribution in [-0.2, 0) is 22.6 Å². The number of nitrogens with zero attached hydrogens (tertiary/aromatic N) is 1. The van der Waals surface area contributed by atoms with Gasteiger partial charge in [-0.3, -0.25) is 0 Å². The van der Waals surface area contributed by atoms with Crippen LogP contribution in [0.4, 0.5) is 0 Å². The molecule has 0 bridgehead atoms. The molecule has 0 aliphatic carbocycles. The van der Waals surface area contributed by atoms with Crippen molar-refractivity contribution in [2.75, 3.05) is 20.7 Å². The average molecular weight is 455 g/mol. The summed E-state index contributed by atoms with van der Waals surface area (Å²) in [5.41, 5.74) is 0.761. The number of ether oxygens (including phenoxy) is 1. The van der Waals surface area contributed by atoms with Gasteiger partial charge in [-0.1, -0.05) is 0 Å². The first-order valence-electron chi connectivity index (χ1n) is 6.77. The van der Waals surface area contributed by atoms with Crippen LogP contribution in [0, 0.1) is 0 Å². The maximum absolute atomic E-state index is 13.1. The normalized spacial score (nSPS) is 14.9. The molecule has 0 aliphatic heterocycles. The van der Waals surface area contributed by atoms with Crippen molar-refractivity contribution in [1.82, 2.24) is 4.67 Å². The SMILES string of the molecule is CCOP(=O)(c1ccc(OC(C)C)c([CH]=[Ru]([Cl])[Cl])c1)N(C)C. The molecule has 0 saturated heterocycles. The first-order valence-corrected chi connectivity index (χ1v) is 13.8. The van der Waals surface area contributed by atoms with Crippen molar-refractivity contribution in [3.05, 3.63) is 23.8 Å². The van der Waals surface area contributed by atoms with Gasteiger partial charge in [-0.05, 0) is 0 Å². The number of hydrogen-bond acceptors (Lipinski definition) is 3. The molecule has 8 heteroatoms. The summed E-state index contributed by atoms with van der Waals surface area (Å²) in [5, 5.41) is 0.602. The summed E-state index contributed by atoms with van der Waals surface area (Å²) in [5.74, 6) is 0.681. The third kappa shape index (κ3) is 5.40. The molecule has 4 nitrogen and oxygen atoms in total. The molecule has 1 aromatic rings. The Kier molecular flexibility index (Phi) is 8.22. The summed E-state index contributed by atoms with van der Waals surface area (Å²) in [4.78, 5) is 0. The first-order chi connectivity index (χ1) is 10.2. The van der Waals surface area contributed by atoms with Crippen LogP contribution in [0.15, 0.2) is 18.2 Å². The summed E-state index contributed by atoms with van der Waals surface area (Å²) in [6.07, 6.45) is 0.0249. The van der Waals surface area contributed by atoms with E-state index in [0.29, 0.717) is 17.7 Å². The minimum atomic E-state index is -3.08. The summed E-state index contributed by atoms with van der Waals surface area (Å²) in [7, 11) is 12.4. The Balaban J connectivity index is 3.40. The van der Waals surface area contributed by atoms with Crippen LogP contribution in [0.1, 0.15) is 26.3 Å². The van der Waals surface area contributed by atoms with Gasteiger partial charge >= 0.3 is 146 Å². The minimum absolute atomic E-state index is 0.0249. The van der Waals surface area contributed by atoms with Gasteiger partial charge in [0.05, 0.1) is 0 Å². The zero-order valence-electron chi connectivity index (χ0n) is 13.3. The molecular weight excluding hydrogens is 433 g/mol. The summed E-state index contributed by atoms with van der Waals surface area (Å²) in [6.45, 7) is 6.07. The molecule has 0 spiro atoms. The van der Waals surface area contributed by atoms with Crippen molar-refractivity contribution < 1.29 is 27.3 Å². The molecule has 0 aromatic heterocycles. The van der Waals surface area contributed by atoms with E-state index >= 15 is 0 Å². The van der Waals surface area contributed by atoms with Gasteiger partial charge < -0.3 is 0 Å². The van der Waals surface area contributed by atoms with Crippen LogP contribution in [-0.4, -0.2) is 36.1 Å². The van der Waals surface area contributed by atoms with Gasteiger partial charge in [-0.15, -0.1) is 0 Å². The second-order valence-corrected chi connectivity index (χ2v) is 13.3. The maximum atomic E-state index is 13.1. The predicted molar refractivity (Wildman–Crippen MR) is 91.6 cm³/mol. The Morgan fingerprint density at radius 2 is 2.00 bits per heavy atom. The quantitative estimate of drug-likeness (QED) is 0.461. The van der Waals surface area contributed by atoms with Gasteiger partial charge in [-0.25, -0.2) is 0 Å². The Hall–Kier alpha value is 0.243. The van der Waals surface area contributed by atoms with Crippen molar-refractivity contribution in [3.8, 4) is 5.75 Å². The van der Waals surface area contributed by atoms with Crippen molar-refractivity contribution in [2.24, 2.45) is 0 Å². The fraction of sp³-hybridized carbons (Fsp3) is 0.500. The number of hydrogen-bond donors (Lipinski definition) is 0. The molecule has 0 heterocycles. The molecule has 1 aromatic carbocycles. The first kappa shape index (κ1) is 20.3. The molecule has 0 radical (unpaired) electrons. The van der Waals surface area contributed by atoms with Gasteiger partial charge in [0.15, 0.2) is 0 Å². The van der Waals surface area contributed by atoms with Crippen LogP contribution >= 0.6 is 26.9 Å². The van der Waals surface area contributed by atoms with E-state index in [9.17, 15) is 4.57 Å². The van der Waals surface area contributed by atoms with Crippen LogP contribution in [0.25, 0.3) is 0 Å². The number of rotatable bonds is 7. The van der Waals surface area contributed by atoms with E-state index in [0.717, 1.165) is 5.56 Å². The Bertz CT molecular complexity index is 589. The van der Waals surface area contributed by atoms with E-state index in [-0.39, 0.29) is 6.10 Å². The van der Waals surface area contributed by atoms with E-state index in [2.05, 4.69) is 0 Å². The molecule has 0 N–H and O–H groups in total. The molecule has 1 unspecified atom stereocenters. The average Bonchev–Trinajstić information content (AvgIpc) is 2.39. The Morgan fingerprint density at radius 1 is 1.36 bits per heavy atom. The molecule has 128 valence electrons. The summed E-state index contributed by atoms with van der Waals surface area (Å²) < 4.78 is 27.8. The van der Waals surface area contributed by atoms with E-state index in [1.54, 1.807) is 41.6 Å². The molecule has 0 amide bonds. The molecule has 0 aliphatic rings. The van der Waals surface area contributed by atoms with Crippen molar-refractivity contribution in [3.63, 3.8) is 0 Å². The standard InChI is InChI=1S/C14H22NO3P.2ClH.Ru/c1-7-17-19(16,15(5)6)13-8-9-14(12(4)10-13)18-11(2)3;;;/h4,8-11H,7H2,1-3,5-6H3;2*1H;/q;;;+2/p-2. The second kappa shape index (κ2) is 8.92. The topological polar surface area (TPSA) is 38.8 Å².